The zero-order valence-electron chi connectivity index (χ0n) is 12.7. The van der Waals surface area contributed by atoms with Gasteiger partial charge in [-0.1, -0.05) is 35.9 Å². The molecule has 0 aliphatic carbocycles. The third-order valence-corrected chi connectivity index (χ3v) is 5.32. The van der Waals surface area contributed by atoms with Gasteiger partial charge in [0, 0.05) is 21.5 Å². The van der Waals surface area contributed by atoms with E-state index in [1.165, 1.54) is 0 Å². The molecule has 0 aromatic heterocycles. The molecular formula is C18H16ClNO4. The summed E-state index contributed by atoms with van der Waals surface area (Å²) in [6, 6.07) is 11.0. The lowest BCUT2D eigenvalue weighted by atomic mass is 9.78. The topological polar surface area (TPSA) is 75.6 Å². The molecule has 0 radical (unpaired) electrons. The summed E-state index contributed by atoms with van der Waals surface area (Å²) in [5.41, 5.74) is 0.631. The highest BCUT2D eigenvalue weighted by molar-refractivity contribution is 6.36. The molecule has 5 nitrogen and oxygen atoms in total. The molecule has 0 saturated carbocycles. The van der Waals surface area contributed by atoms with Crippen molar-refractivity contribution in [2.45, 2.75) is 25.0 Å². The third-order valence-electron chi connectivity index (χ3n) is 4.99. The minimum Gasteiger partial charge on any atom is -0.481 e. The van der Waals surface area contributed by atoms with Crippen molar-refractivity contribution >= 4 is 39.9 Å². The number of carbonyl (C=O) groups excluding carboxylic acids is 1. The number of anilines is 1. The van der Waals surface area contributed by atoms with Gasteiger partial charge in [0.2, 0.25) is 5.91 Å². The van der Waals surface area contributed by atoms with Crippen molar-refractivity contribution in [1.29, 1.82) is 0 Å². The van der Waals surface area contributed by atoms with Gasteiger partial charge in [0.05, 0.1) is 24.0 Å². The highest BCUT2D eigenvalue weighted by atomic mass is 35.5. The van der Waals surface area contributed by atoms with E-state index in [-0.39, 0.29) is 18.1 Å². The van der Waals surface area contributed by atoms with Crippen LogP contribution in [-0.4, -0.2) is 29.2 Å². The van der Waals surface area contributed by atoms with Gasteiger partial charge in [0.15, 0.2) is 0 Å². The highest BCUT2D eigenvalue weighted by Crippen LogP contribution is 2.44. The van der Waals surface area contributed by atoms with Crippen molar-refractivity contribution in [3.05, 3.63) is 41.4 Å². The van der Waals surface area contributed by atoms with Crippen molar-refractivity contribution in [1.82, 2.24) is 0 Å². The van der Waals surface area contributed by atoms with E-state index in [0.717, 1.165) is 17.2 Å². The summed E-state index contributed by atoms with van der Waals surface area (Å²) in [6.07, 6.45) is 0.767. The summed E-state index contributed by atoms with van der Waals surface area (Å²) >= 11 is 6.20. The molecule has 4 rings (SSSR count). The van der Waals surface area contributed by atoms with Gasteiger partial charge in [-0.25, -0.2) is 0 Å². The van der Waals surface area contributed by atoms with Crippen LogP contribution in [0.2, 0.25) is 5.02 Å². The smallest absolute Gasteiger partial charge is 0.310 e. The molecule has 2 heterocycles. The van der Waals surface area contributed by atoms with E-state index in [0.29, 0.717) is 17.1 Å². The van der Waals surface area contributed by atoms with Crippen molar-refractivity contribution in [3.8, 4) is 0 Å². The molecule has 2 aromatic carbocycles. The molecule has 6 heteroatoms. The van der Waals surface area contributed by atoms with Crippen molar-refractivity contribution < 1.29 is 19.4 Å². The first-order chi connectivity index (χ1) is 11.6. The van der Waals surface area contributed by atoms with E-state index in [2.05, 4.69) is 5.32 Å². The lowest BCUT2D eigenvalue weighted by Crippen LogP contribution is -2.40. The number of halogens is 1. The van der Waals surface area contributed by atoms with Crippen LogP contribution in [0.5, 0.6) is 0 Å². The number of aliphatic carboxylic acids is 1. The minimum atomic E-state index is -0.969. The maximum atomic E-state index is 12.8. The number of amides is 1. The number of hydrogen-bond acceptors (Lipinski definition) is 3. The summed E-state index contributed by atoms with van der Waals surface area (Å²) in [6.45, 7) is 0. The Balaban J connectivity index is 1.65. The van der Waals surface area contributed by atoms with Crippen LogP contribution in [0.15, 0.2) is 36.4 Å². The van der Waals surface area contributed by atoms with Gasteiger partial charge in [-0.05, 0) is 25.0 Å². The summed E-state index contributed by atoms with van der Waals surface area (Å²) in [5, 5.41) is 14.6. The molecule has 0 spiro atoms. The van der Waals surface area contributed by atoms with E-state index in [9.17, 15) is 14.7 Å². The van der Waals surface area contributed by atoms with Gasteiger partial charge in [0.25, 0.3) is 0 Å². The van der Waals surface area contributed by atoms with Crippen LogP contribution in [-0.2, 0) is 14.3 Å². The van der Waals surface area contributed by atoms with Gasteiger partial charge in [-0.15, -0.1) is 0 Å². The Bertz CT molecular complexity index is 837. The average molecular weight is 346 g/mol. The molecular weight excluding hydrogens is 330 g/mol. The Kier molecular flexibility index (Phi) is 3.70. The molecule has 1 amide bonds. The second kappa shape index (κ2) is 5.76. The van der Waals surface area contributed by atoms with E-state index >= 15 is 0 Å². The van der Waals surface area contributed by atoms with Crippen LogP contribution < -0.4 is 5.32 Å². The number of hydrogen-bond donors (Lipinski definition) is 2. The number of benzene rings is 2. The molecule has 2 N–H and O–H groups in total. The zero-order valence-corrected chi connectivity index (χ0v) is 13.5. The molecule has 2 aliphatic rings. The van der Waals surface area contributed by atoms with E-state index in [1.807, 2.05) is 24.3 Å². The van der Waals surface area contributed by atoms with Crippen LogP contribution >= 0.6 is 11.6 Å². The van der Waals surface area contributed by atoms with Gasteiger partial charge in [-0.2, -0.15) is 0 Å². The molecule has 24 heavy (non-hydrogen) atoms. The van der Waals surface area contributed by atoms with Crippen molar-refractivity contribution in [2.24, 2.45) is 11.8 Å². The first-order valence-electron chi connectivity index (χ1n) is 7.92. The van der Waals surface area contributed by atoms with Gasteiger partial charge in [-0.3, -0.25) is 9.59 Å². The number of carbonyl (C=O) groups is 2. The van der Waals surface area contributed by atoms with Crippen molar-refractivity contribution in [3.63, 3.8) is 0 Å². The fourth-order valence-electron chi connectivity index (χ4n) is 3.91. The van der Waals surface area contributed by atoms with Gasteiger partial charge in [0.1, 0.15) is 0 Å². The maximum Gasteiger partial charge on any atom is 0.310 e. The lowest BCUT2D eigenvalue weighted by molar-refractivity contribution is -0.147. The second-order valence-corrected chi connectivity index (χ2v) is 6.72. The molecule has 0 unspecified atom stereocenters. The van der Waals surface area contributed by atoms with E-state index in [1.54, 1.807) is 12.1 Å². The molecule has 2 aliphatic heterocycles. The average Bonchev–Trinajstić information content (AvgIpc) is 3.18. The number of fused-ring (bicyclic) bond motifs is 3. The summed E-state index contributed by atoms with van der Waals surface area (Å²) < 4.78 is 5.66. The molecule has 2 bridgehead atoms. The molecule has 2 fully saturated rings. The summed E-state index contributed by atoms with van der Waals surface area (Å²) in [5.74, 6) is -2.71. The lowest BCUT2D eigenvalue weighted by Gasteiger charge is -2.24. The Labute approximate surface area is 143 Å². The van der Waals surface area contributed by atoms with Crippen LogP contribution in [0.25, 0.3) is 10.8 Å². The Morgan fingerprint density at radius 2 is 1.71 bits per heavy atom. The number of rotatable bonds is 3. The Hall–Kier alpha value is -2.11. The van der Waals surface area contributed by atoms with Crippen LogP contribution in [0.1, 0.15) is 12.8 Å². The number of nitrogens with one attached hydrogen (secondary N) is 1. The zero-order chi connectivity index (χ0) is 16.8. The largest absolute Gasteiger partial charge is 0.481 e. The van der Waals surface area contributed by atoms with Gasteiger partial charge >= 0.3 is 5.97 Å². The predicted molar refractivity (Wildman–Crippen MR) is 90.1 cm³/mol. The van der Waals surface area contributed by atoms with Crippen LogP contribution in [0, 0.1) is 11.8 Å². The van der Waals surface area contributed by atoms with Crippen LogP contribution in [0.4, 0.5) is 5.69 Å². The standard InChI is InChI=1S/C18H16ClNO4/c19-11-5-6-12(10-4-2-1-3-9(10)11)20-17(21)15-13-7-8-14(24-13)16(15)18(22)23/h1-6,13-16H,7-8H2,(H,20,21)(H,22,23)/t13-,14+,15+,16-/m1/s1. The summed E-state index contributed by atoms with van der Waals surface area (Å²) in [7, 11) is 0. The molecule has 2 saturated heterocycles. The molecule has 4 atom stereocenters. The predicted octanol–water partition coefficient (Wildman–Crippen LogP) is 3.31. The molecule has 124 valence electrons. The van der Waals surface area contributed by atoms with E-state index < -0.39 is 17.8 Å². The quantitative estimate of drug-likeness (QED) is 0.894. The van der Waals surface area contributed by atoms with Gasteiger partial charge < -0.3 is 15.2 Å². The fraction of sp³-hybridized carbons (Fsp3) is 0.333. The maximum absolute atomic E-state index is 12.8. The Morgan fingerprint density at radius 1 is 1.04 bits per heavy atom. The first-order valence-corrected chi connectivity index (χ1v) is 8.30. The number of carboxylic acids is 1. The fourth-order valence-corrected chi connectivity index (χ4v) is 4.14. The SMILES string of the molecule is O=C(Nc1ccc(Cl)c2ccccc12)[C@@H]1[C@H](C(=O)O)[C@@H]2CC[C@H]1O2. The summed E-state index contributed by atoms with van der Waals surface area (Å²) in [4.78, 5) is 24.3. The third kappa shape index (κ3) is 2.36. The normalized spacial score (nSPS) is 28.2. The van der Waals surface area contributed by atoms with E-state index in [4.69, 9.17) is 16.3 Å². The number of carboxylic acid groups (broad SMARTS) is 1. The monoisotopic (exact) mass is 345 g/mol. The second-order valence-electron chi connectivity index (χ2n) is 6.31. The number of ether oxygens (including phenoxy) is 1. The van der Waals surface area contributed by atoms with Crippen molar-refractivity contribution in [2.75, 3.05) is 5.32 Å². The molecule has 2 aromatic rings. The van der Waals surface area contributed by atoms with Crippen LogP contribution in [0.3, 0.4) is 0 Å². The minimum absolute atomic E-state index is 0.304. The Morgan fingerprint density at radius 3 is 2.42 bits per heavy atom. The first kappa shape index (κ1) is 15.4. The highest BCUT2D eigenvalue weighted by Gasteiger charge is 2.55.